The number of allylic oxidation sites excluding steroid dienone is 2. The molecule has 16 heavy (non-hydrogen) atoms. The van der Waals surface area contributed by atoms with Crippen LogP contribution in [0.5, 0.6) is 0 Å². The Morgan fingerprint density at radius 3 is 2.31 bits per heavy atom. The van der Waals surface area contributed by atoms with Gasteiger partial charge in [-0.1, -0.05) is 19.1 Å². The van der Waals surface area contributed by atoms with E-state index in [9.17, 15) is 0 Å². The Morgan fingerprint density at radius 1 is 1.12 bits per heavy atom. The van der Waals surface area contributed by atoms with Crippen molar-refractivity contribution in [2.24, 2.45) is 0 Å². The standard InChI is InChI=1S/C13H22O3/c1-2-9-14-10-13-15-11-7-5-3-4-6-8-12(11)16-13/h3-4,11-13H,2,5-10H2,1H3/b4-3+/t11-,12?,13?/m0/s1. The van der Waals surface area contributed by atoms with Gasteiger partial charge >= 0.3 is 0 Å². The van der Waals surface area contributed by atoms with E-state index in [1.54, 1.807) is 0 Å². The average Bonchev–Trinajstić information content (AvgIpc) is 2.61. The van der Waals surface area contributed by atoms with Crippen molar-refractivity contribution in [2.45, 2.75) is 57.5 Å². The van der Waals surface area contributed by atoms with Gasteiger partial charge < -0.3 is 14.2 Å². The summed E-state index contributed by atoms with van der Waals surface area (Å²) in [6.45, 7) is 3.48. The van der Waals surface area contributed by atoms with Crippen LogP contribution in [0.4, 0.5) is 0 Å². The lowest BCUT2D eigenvalue weighted by Crippen LogP contribution is -2.22. The highest BCUT2D eigenvalue weighted by Gasteiger charge is 2.35. The molecule has 1 aliphatic heterocycles. The summed E-state index contributed by atoms with van der Waals surface area (Å²) in [5.74, 6) is 0. The maximum absolute atomic E-state index is 5.87. The molecule has 2 unspecified atom stereocenters. The van der Waals surface area contributed by atoms with Crippen LogP contribution in [-0.2, 0) is 14.2 Å². The molecule has 0 N–H and O–H groups in total. The van der Waals surface area contributed by atoms with E-state index >= 15 is 0 Å². The van der Waals surface area contributed by atoms with Gasteiger partial charge in [0.05, 0.1) is 18.8 Å². The molecule has 3 heteroatoms. The molecular weight excluding hydrogens is 204 g/mol. The Balaban J connectivity index is 1.76. The lowest BCUT2D eigenvalue weighted by atomic mass is 10.0. The maximum atomic E-state index is 5.87. The van der Waals surface area contributed by atoms with E-state index in [1.165, 1.54) is 0 Å². The van der Waals surface area contributed by atoms with Crippen LogP contribution in [0, 0.1) is 0 Å². The van der Waals surface area contributed by atoms with E-state index in [1.807, 2.05) is 0 Å². The van der Waals surface area contributed by atoms with Gasteiger partial charge in [0.25, 0.3) is 0 Å². The van der Waals surface area contributed by atoms with E-state index in [0.29, 0.717) is 6.61 Å². The molecule has 92 valence electrons. The summed E-state index contributed by atoms with van der Waals surface area (Å²) in [7, 11) is 0. The lowest BCUT2D eigenvalue weighted by molar-refractivity contribution is -0.112. The molecule has 0 aromatic heterocycles. The molecule has 1 aliphatic carbocycles. The van der Waals surface area contributed by atoms with Crippen LogP contribution < -0.4 is 0 Å². The van der Waals surface area contributed by atoms with E-state index in [2.05, 4.69) is 19.1 Å². The highest BCUT2D eigenvalue weighted by atomic mass is 16.7. The zero-order valence-electron chi connectivity index (χ0n) is 10.1. The molecule has 0 spiro atoms. The van der Waals surface area contributed by atoms with Crippen molar-refractivity contribution in [3.05, 3.63) is 12.2 Å². The van der Waals surface area contributed by atoms with Crippen molar-refractivity contribution in [1.29, 1.82) is 0 Å². The van der Waals surface area contributed by atoms with E-state index in [0.717, 1.165) is 38.7 Å². The summed E-state index contributed by atoms with van der Waals surface area (Å²) in [5.41, 5.74) is 0. The minimum atomic E-state index is -0.139. The Labute approximate surface area is 97.8 Å². The molecule has 0 radical (unpaired) electrons. The summed E-state index contributed by atoms with van der Waals surface area (Å²) >= 11 is 0. The van der Waals surface area contributed by atoms with Crippen LogP contribution in [-0.4, -0.2) is 31.7 Å². The molecular formula is C13H22O3. The topological polar surface area (TPSA) is 27.7 Å². The molecule has 1 heterocycles. The van der Waals surface area contributed by atoms with Crippen LogP contribution in [0.3, 0.4) is 0 Å². The molecule has 3 nitrogen and oxygen atoms in total. The minimum Gasteiger partial charge on any atom is -0.376 e. The van der Waals surface area contributed by atoms with Gasteiger partial charge in [0.2, 0.25) is 0 Å². The summed E-state index contributed by atoms with van der Waals surface area (Å²) in [6.07, 6.45) is 10.3. The Bertz CT molecular complexity index is 209. The number of rotatable bonds is 4. The predicted molar refractivity (Wildman–Crippen MR) is 62.3 cm³/mol. The first-order chi connectivity index (χ1) is 7.90. The molecule has 1 fully saturated rings. The summed E-state index contributed by atoms with van der Waals surface area (Å²) in [4.78, 5) is 0. The fraction of sp³-hybridized carbons (Fsp3) is 0.846. The van der Waals surface area contributed by atoms with E-state index < -0.39 is 0 Å². The van der Waals surface area contributed by atoms with Crippen LogP contribution in [0.1, 0.15) is 39.0 Å². The van der Waals surface area contributed by atoms with Gasteiger partial charge in [-0.2, -0.15) is 0 Å². The third kappa shape index (κ3) is 3.30. The molecule has 3 atom stereocenters. The number of fused-ring (bicyclic) bond motifs is 1. The van der Waals surface area contributed by atoms with E-state index in [-0.39, 0.29) is 18.5 Å². The molecule has 0 bridgehead atoms. The van der Waals surface area contributed by atoms with Gasteiger partial charge in [0, 0.05) is 6.61 Å². The second kappa shape index (κ2) is 6.38. The van der Waals surface area contributed by atoms with Crippen molar-refractivity contribution in [3.63, 3.8) is 0 Å². The second-order valence-electron chi connectivity index (χ2n) is 4.48. The van der Waals surface area contributed by atoms with Gasteiger partial charge in [-0.3, -0.25) is 0 Å². The lowest BCUT2D eigenvalue weighted by Gasteiger charge is -2.16. The third-order valence-electron chi connectivity index (χ3n) is 3.07. The summed E-state index contributed by atoms with van der Waals surface area (Å²) in [5, 5.41) is 0. The zero-order valence-corrected chi connectivity index (χ0v) is 10.1. The number of hydrogen-bond acceptors (Lipinski definition) is 3. The summed E-state index contributed by atoms with van der Waals surface area (Å²) in [6, 6.07) is 0. The number of hydrogen-bond donors (Lipinski definition) is 0. The first-order valence-electron chi connectivity index (χ1n) is 6.44. The fourth-order valence-corrected chi connectivity index (χ4v) is 2.26. The van der Waals surface area contributed by atoms with Crippen LogP contribution >= 0.6 is 0 Å². The van der Waals surface area contributed by atoms with Crippen LogP contribution in [0.25, 0.3) is 0 Å². The smallest absolute Gasteiger partial charge is 0.181 e. The Hall–Kier alpha value is -0.380. The van der Waals surface area contributed by atoms with Crippen molar-refractivity contribution in [1.82, 2.24) is 0 Å². The Morgan fingerprint density at radius 2 is 1.75 bits per heavy atom. The van der Waals surface area contributed by atoms with Gasteiger partial charge in [0.15, 0.2) is 6.29 Å². The molecule has 0 aromatic carbocycles. The fourth-order valence-electron chi connectivity index (χ4n) is 2.26. The van der Waals surface area contributed by atoms with Crippen molar-refractivity contribution in [2.75, 3.05) is 13.2 Å². The largest absolute Gasteiger partial charge is 0.376 e. The number of ether oxygens (including phenoxy) is 3. The van der Waals surface area contributed by atoms with Gasteiger partial charge in [-0.15, -0.1) is 0 Å². The molecule has 2 rings (SSSR count). The normalized spacial score (nSPS) is 36.4. The first-order valence-corrected chi connectivity index (χ1v) is 6.44. The molecule has 1 saturated heterocycles. The maximum Gasteiger partial charge on any atom is 0.181 e. The van der Waals surface area contributed by atoms with Crippen molar-refractivity contribution >= 4 is 0 Å². The second-order valence-corrected chi connectivity index (χ2v) is 4.48. The van der Waals surface area contributed by atoms with Crippen LogP contribution in [0.2, 0.25) is 0 Å². The van der Waals surface area contributed by atoms with E-state index in [4.69, 9.17) is 14.2 Å². The van der Waals surface area contributed by atoms with Gasteiger partial charge in [-0.25, -0.2) is 0 Å². The quantitative estimate of drug-likeness (QED) is 0.545. The average molecular weight is 226 g/mol. The van der Waals surface area contributed by atoms with Gasteiger partial charge in [-0.05, 0) is 32.1 Å². The predicted octanol–water partition coefficient (Wildman–Crippen LogP) is 2.65. The highest BCUT2D eigenvalue weighted by Crippen LogP contribution is 2.28. The third-order valence-corrected chi connectivity index (χ3v) is 3.07. The van der Waals surface area contributed by atoms with Crippen molar-refractivity contribution in [3.8, 4) is 0 Å². The van der Waals surface area contributed by atoms with Crippen LogP contribution in [0.15, 0.2) is 12.2 Å². The highest BCUT2D eigenvalue weighted by molar-refractivity contribution is 4.90. The molecule has 0 amide bonds. The molecule has 0 aromatic rings. The monoisotopic (exact) mass is 226 g/mol. The van der Waals surface area contributed by atoms with Crippen molar-refractivity contribution < 1.29 is 14.2 Å². The minimum absolute atomic E-state index is 0.139. The molecule has 2 aliphatic rings. The zero-order chi connectivity index (χ0) is 11.2. The molecule has 0 saturated carbocycles. The first kappa shape index (κ1) is 12.1. The Kier molecular flexibility index (Phi) is 4.82. The SMILES string of the molecule is CCCOCC1OC2CC/C=C/CC[C@@H]2O1. The summed E-state index contributed by atoms with van der Waals surface area (Å²) < 4.78 is 17.2. The van der Waals surface area contributed by atoms with Gasteiger partial charge in [0.1, 0.15) is 0 Å².